The standard InChI is InChI=1S/C35H40O4S/c1-24(2)31(39-34(37)35-21-25-17-26(22-35)19-27(18-25)23-35)20-33(36)38-30-15-9-10-16-32(30)40(28-11-5-3-6-12-28)29-13-7-4-8-14-29/h3-16,24-27,31,40H,17-23H2,1-2H3. The first kappa shape index (κ1) is 27.1. The van der Waals surface area contributed by atoms with E-state index in [-0.39, 0.29) is 29.7 Å². The Morgan fingerprint density at radius 2 is 1.27 bits per heavy atom. The normalized spacial score (nSPS) is 25.9. The molecule has 40 heavy (non-hydrogen) atoms. The number of benzene rings is 3. The lowest BCUT2D eigenvalue weighted by molar-refractivity contribution is -0.180. The highest BCUT2D eigenvalue weighted by atomic mass is 32.2. The number of para-hydroxylation sites is 1. The van der Waals surface area contributed by atoms with E-state index in [9.17, 15) is 9.59 Å². The van der Waals surface area contributed by atoms with Crippen molar-refractivity contribution >= 4 is 22.8 Å². The molecule has 4 saturated carbocycles. The summed E-state index contributed by atoms with van der Waals surface area (Å²) in [6, 6.07) is 28.6. The summed E-state index contributed by atoms with van der Waals surface area (Å²) in [5.41, 5.74) is -0.334. The summed E-state index contributed by atoms with van der Waals surface area (Å²) in [5, 5.41) is 0. The average Bonchev–Trinajstić information content (AvgIpc) is 2.94. The van der Waals surface area contributed by atoms with E-state index in [0.717, 1.165) is 24.2 Å². The van der Waals surface area contributed by atoms with Crippen LogP contribution in [-0.4, -0.2) is 18.0 Å². The smallest absolute Gasteiger partial charge is 0.314 e. The van der Waals surface area contributed by atoms with E-state index in [2.05, 4.69) is 30.3 Å². The number of ether oxygens (including phenoxy) is 2. The van der Waals surface area contributed by atoms with Gasteiger partial charge in [-0.05, 0) is 108 Å². The fraction of sp³-hybridized carbons (Fsp3) is 0.429. The van der Waals surface area contributed by atoms with Crippen LogP contribution in [0.3, 0.4) is 0 Å². The molecule has 0 heterocycles. The summed E-state index contributed by atoms with van der Waals surface area (Å²) in [4.78, 5) is 30.4. The molecule has 1 atom stereocenters. The van der Waals surface area contributed by atoms with Crippen LogP contribution in [-0.2, 0) is 14.3 Å². The van der Waals surface area contributed by atoms with Gasteiger partial charge >= 0.3 is 11.9 Å². The quantitative estimate of drug-likeness (QED) is 0.164. The Kier molecular flexibility index (Phi) is 7.76. The second kappa shape index (κ2) is 11.4. The van der Waals surface area contributed by atoms with Crippen LogP contribution in [0, 0.1) is 29.1 Å². The van der Waals surface area contributed by atoms with Crippen molar-refractivity contribution in [1.29, 1.82) is 0 Å². The molecule has 1 unspecified atom stereocenters. The van der Waals surface area contributed by atoms with Crippen molar-refractivity contribution in [2.75, 3.05) is 0 Å². The van der Waals surface area contributed by atoms with Crippen molar-refractivity contribution < 1.29 is 19.1 Å². The molecule has 4 aliphatic rings. The van der Waals surface area contributed by atoms with Gasteiger partial charge in [0.1, 0.15) is 11.9 Å². The minimum Gasteiger partial charge on any atom is -0.461 e. The van der Waals surface area contributed by atoms with Crippen molar-refractivity contribution in [3.8, 4) is 5.75 Å². The second-order valence-corrected chi connectivity index (χ2v) is 14.7. The van der Waals surface area contributed by atoms with E-state index in [1.165, 1.54) is 29.1 Å². The van der Waals surface area contributed by atoms with Gasteiger partial charge in [0.25, 0.3) is 0 Å². The Labute approximate surface area is 240 Å². The number of hydrogen-bond donors (Lipinski definition) is 1. The SMILES string of the molecule is CC(C)C(CC(=O)Oc1ccccc1[SH](c1ccccc1)c1ccccc1)OC(=O)C12CC3CC(CC(C3)C1)C2. The molecule has 4 fully saturated rings. The first-order valence-electron chi connectivity index (χ1n) is 14.8. The van der Waals surface area contributed by atoms with Crippen molar-refractivity contribution in [3.63, 3.8) is 0 Å². The Bertz CT molecular complexity index is 1260. The summed E-state index contributed by atoms with van der Waals surface area (Å²) in [6.07, 6.45) is 6.28. The number of thiol groups is 1. The zero-order chi connectivity index (χ0) is 27.7. The number of hydrogen-bond acceptors (Lipinski definition) is 4. The maximum Gasteiger partial charge on any atom is 0.314 e. The first-order chi connectivity index (χ1) is 19.4. The molecule has 0 aliphatic heterocycles. The van der Waals surface area contributed by atoms with Crippen LogP contribution < -0.4 is 4.74 Å². The van der Waals surface area contributed by atoms with E-state index in [1.54, 1.807) is 0 Å². The van der Waals surface area contributed by atoms with E-state index in [1.807, 2.05) is 68.4 Å². The second-order valence-electron chi connectivity index (χ2n) is 12.5. The zero-order valence-corrected chi connectivity index (χ0v) is 24.4. The average molecular weight is 557 g/mol. The Balaban J connectivity index is 1.19. The van der Waals surface area contributed by atoms with Gasteiger partial charge in [0, 0.05) is 4.90 Å². The highest BCUT2D eigenvalue weighted by molar-refractivity contribution is 8.17. The third kappa shape index (κ3) is 5.58. The van der Waals surface area contributed by atoms with Crippen molar-refractivity contribution in [3.05, 3.63) is 84.9 Å². The topological polar surface area (TPSA) is 52.6 Å². The van der Waals surface area contributed by atoms with Crippen LogP contribution in [0.4, 0.5) is 0 Å². The summed E-state index contributed by atoms with van der Waals surface area (Å²) >= 11 is 0. The van der Waals surface area contributed by atoms with Gasteiger partial charge in [-0.15, -0.1) is 0 Å². The van der Waals surface area contributed by atoms with Crippen LogP contribution in [0.15, 0.2) is 99.6 Å². The summed E-state index contributed by atoms with van der Waals surface area (Å²) in [7, 11) is -0.923. The molecule has 3 aromatic rings. The molecule has 5 heteroatoms. The number of rotatable bonds is 9. The molecule has 7 rings (SSSR count). The maximum atomic E-state index is 13.6. The maximum absolute atomic E-state index is 13.6. The lowest BCUT2D eigenvalue weighted by atomic mass is 9.49. The fourth-order valence-corrected chi connectivity index (χ4v) is 10.0. The number of esters is 2. The van der Waals surface area contributed by atoms with Gasteiger partial charge in [0.05, 0.1) is 11.8 Å². The number of carbonyl (C=O) groups is 2. The molecule has 4 aliphatic carbocycles. The molecule has 0 radical (unpaired) electrons. The van der Waals surface area contributed by atoms with Crippen LogP contribution in [0.25, 0.3) is 0 Å². The monoisotopic (exact) mass is 556 g/mol. The van der Waals surface area contributed by atoms with Crippen LogP contribution in [0.2, 0.25) is 0 Å². The third-order valence-corrected chi connectivity index (χ3v) is 11.7. The van der Waals surface area contributed by atoms with Crippen molar-refractivity contribution in [2.45, 2.75) is 79.6 Å². The molecule has 3 aromatic carbocycles. The van der Waals surface area contributed by atoms with E-state index in [0.29, 0.717) is 23.5 Å². The predicted octanol–water partition coefficient (Wildman–Crippen LogP) is 8.24. The van der Waals surface area contributed by atoms with Gasteiger partial charge in [0.15, 0.2) is 0 Å². The lowest BCUT2D eigenvalue weighted by Crippen LogP contribution is -2.51. The molecule has 0 amide bonds. The molecule has 4 nitrogen and oxygen atoms in total. The first-order valence-corrected chi connectivity index (χ1v) is 16.2. The minimum atomic E-state index is -0.923. The Hall–Kier alpha value is -3.05. The summed E-state index contributed by atoms with van der Waals surface area (Å²) in [5.74, 6) is 2.16. The molecule has 4 bridgehead atoms. The van der Waals surface area contributed by atoms with Gasteiger partial charge in [-0.2, -0.15) is 10.9 Å². The largest absolute Gasteiger partial charge is 0.461 e. The molecular formula is C35H40O4S. The highest BCUT2D eigenvalue weighted by Crippen LogP contribution is 2.60. The molecule has 210 valence electrons. The van der Waals surface area contributed by atoms with Gasteiger partial charge < -0.3 is 9.47 Å². The van der Waals surface area contributed by atoms with Crippen molar-refractivity contribution in [2.24, 2.45) is 29.1 Å². The molecule has 0 aromatic heterocycles. The van der Waals surface area contributed by atoms with Gasteiger partial charge in [0.2, 0.25) is 0 Å². The zero-order valence-electron chi connectivity index (χ0n) is 23.5. The Morgan fingerprint density at radius 3 is 1.80 bits per heavy atom. The Morgan fingerprint density at radius 1 is 0.775 bits per heavy atom. The predicted molar refractivity (Wildman–Crippen MR) is 159 cm³/mol. The van der Waals surface area contributed by atoms with Gasteiger partial charge in [-0.1, -0.05) is 62.4 Å². The number of carbonyl (C=O) groups excluding carboxylic acids is 2. The highest BCUT2D eigenvalue weighted by Gasteiger charge is 2.56. The van der Waals surface area contributed by atoms with E-state index in [4.69, 9.17) is 9.47 Å². The van der Waals surface area contributed by atoms with E-state index >= 15 is 0 Å². The van der Waals surface area contributed by atoms with Crippen LogP contribution in [0.5, 0.6) is 5.75 Å². The fourth-order valence-electron chi connectivity index (χ4n) is 7.67. The van der Waals surface area contributed by atoms with Crippen LogP contribution >= 0.6 is 10.9 Å². The molecule has 0 saturated heterocycles. The summed E-state index contributed by atoms with van der Waals surface area (Å²) < 4.78 is 12.3. The molecular weight excluding hydrogens is 516 g/mol. The van der Waals surface area contributed by atoms with Gasteiger partial charge in [-0.25, -0.2) is 0 Å². The van der Waals surface area contributed by atoms with Crippen LogP contribution in [0.1, 0.15) is 58.8 Å². The third-order valence-electron chi connectivity index (χ3n) is 9.20. The minimum absolute atomic E-state index is 0.0198. The van der Waals surface area contributed by atoms with Gasteiger partial charge in [-0.3, -0.25) is 9.59 Å². The van der Waals surface area contributed by atoms with E-state index < -0.39 is 17.0 Å². The molecule has 0 N–H and O–H groups in total. The lowest BCUT2D eigenvalue weighted by Gasteiger charge is -2.55. The summed E-state index contributed by atoms with van der Waals surface area (Å²) in [6.45, 7) is 4.03. The molecule has 0 spiro atoms. The van der Waals surface area contributed by atoms with Crippen molar-refractivity contribution in [1.82, 2.24) is 0 Å².